The molecule has 0 spiro atoms. The summed E-state index contributed by atoms with van der Waals surface area (Å²) in [6.07, 6.45) is 1.23. The average molecular weight is 277 g/mol. The van der Waals surface area contributed by atoms with Gasteiger partial charge >= 0.3 is 12.1 Å². The zero-order valence-corrected chi connectivity index (χ0v) is 11.5. The Morgan fingerprint density at radius 3 is 2.55 bits per heavy atom. The highest BCUT2D eigenvalue weighted by atomic mass is 16.5. The molecule has 1 atom stereocenters. The minimum Gasteiger partial charge on any atom is -0.481 e. The van der Waals surface area contributed by atoms with E-state index in [0.29, 0.717) is 0 Å². The standard InChI is InChI=1S/C15H19NO4/c1-15(7-8-15)12(9-13(17)18)16-14(19)20-10-11-5-3-2-4-6-11/h2-6,12H,7-10H2,1H3,(H,16,19)(H,17,18). The first kappa shape index (κ1) is 14.4. The summed E-state index contributed by atoms with van der Waals surface area (Å²) in [4.78, 5) is 22.6. The third-order valence-electron chi connectivity index (χ3n) is 3.76. The Labute approximate surface area is 117 Å². The van der Waals surface area contributed by atoms with E-state index in [0.717, 1.165) is 18.4 Å². The van der Waals surface area contributed by atoms with E-state index in [1.54, 1.807) is 0 Å². The van der Waals surface area contributed by atoms with Crippen molar-refractivity contribution in [1.29, 1.82) is 0 Å². The fourth-order valence-corrected chi connectivity index (χ4v) is 2.10. The second-order valence-electron chi connectivity index (χ2n) is 5.51. The number of hydrogen-bond acceptors (Lipinski definition) is 3. The molecule has 2 rings (SSSR count). The van der Waals surface area contributed by atoms with Crippen LogP contribution in [0, 0.1) is 5.41 Å². The molecule has 1 aromatic carbocycles. The maximum atomic E-state index is 11.8. The number of benzene rings is 1. The molecular weight excluding hydrogens is 258 g/mol. The highest BCUT2D eigenvalue weighted by molar-refractivity contribution is 5.71. The van der Waals surface area contributed by atoms with Gasteiger partial charge in [-0.25, -0.2) is 4.79 Å². The van der Waals surface area contributed by atoms with E-state index in [4.69, 9.17) is 9.84 Å². The Morgan fingerprint density at radius 1 is 1.35 bits per heavy atom. The number of carbonyl (C=O) groups is 2. The van der Waals surface area contributed by atoms with Gasteiger partial charge in [0.1, 0.15) is 6.61 Å². The number of carboxylic acids is 1. The molecule has 0 aromatic heterocycles. The van der Waals surface area contributed by atoms with Gasteiger partial charge in [-0.15, -0.1) is 0 Å². The van der Waals surface area contributed by atoms with Gasteiger partial charge < -0.3 is 15.2 Å². The second-order valence-corrected chi connectivity index (χ2v) is 5.51. The molecule has 108 valence electrons. The van der Waals surface area contributed by atoms with Crippen LogP contribution in [0.1, 0.15) is 31.7 Å². The van der Waals surface area contributed by atoms with Crippen LogP contribution in [-0.4, -0.2) is 23.2 Å². The number of nitrogens with one attached hydrogen (secondary N) is 1. The molecule has 1 fully saturated rings. The number of ether oxygens (including phenoxy) is 1. The first-order chi connectivity index (χ1) is 9.49. The molecule has 0 radical (unpaired) electrons. The summed E-state index contributed by atoms with van der Waals surface area (Å²) in [7, 11) is 0. The summed E-state index contributed by atoms with van der Waals surface area (Å²) in [5.74, 6) is -0.911. The van der Waals surface area contributed by atoms with Gasteiger partial charge in [0.05, 0.1) is 6.42 Å². The predicted octanol–water partition coefficient (Wildman–Crippen LogP) is 2.56. The van der Waals surface area contributed by atoms with Gasteiger partial charge in [-0.1, -0.05) is 37.3 Å². The molecule has 0 saturated heterocycles. The summed E-state index contributed by atoms with van der Waals surface area (Å²) in [5.41, 5.74) is 0.791. The SMILES string of the molecule is CC1(C(CC(=O)O)NC(=O)OCc2ccccc2)CC1. The van der Waals surface area contributed by atoms with Crippen molar-refractivity contribution < 1.29 is 19.4 Å². The average Bonchev–Trinajstić information content (AvgIpc) is 3.16. The fraction of sp³-hybridized carbons (Fsp3) is 0.467. The fourth-order valence-electron chi connectivity index (χ4n) is 2.10. The smallest absolute Gasteiger partial charge is 0.407 e. The third kappa shape index (κ3) is 3.98. The van der Waals surface area contributed by atoms with E-state index in [1.165, 1.54) is 0 Å². The van der Waals surface area contributed by atoms with Crippen LogP contribution in [0.15, 0.2) is 30.3 Å². The van der Waals surface area contributed by atoms with E-state index in [1.807, 2.05) is 37.3 Å². The van der Waals surface area contributed by atoms with E-state index >= 15 is 0 Å². The Morgan fingerprint density at radius 2 is 2.00 bits per heavy atom. The van der Waals surface area contributed by atoms with Crippen molar-refractivity contribution in [2.24, 2.45) is 5.41 Å². The topological polar surface area (TPSA) is 75.6 Å². The van der Waals surface area contributed by atoms with Crippen LogP contribution in [0.4, 0.5) is 4.79 Å². The lowest BCUT2D eigenvalue weighted by molar-refractivity contribution is -0.137. The Bertz CT molecular complexity index is 482. The minimum atomic E-state index is -0.911. The molecular formula is C15H19NO4. The second kappa shape index (κ2) is 5.94. The summed E-state index contributed by atoms with van der Waals surface area (Å²) < 4.78 is 5.12. The molecule has 2 N–H and O–H groups in total. The van der Waals surface area contributed by atoms with Crippen molar-refractivity contribution >= 4 is 12.1 Å². The van der Waals surface area contributed by atoms with Gasteiger partial charge in [0, 0.05) is 6.04 Å². The number of amides is 1. The molecule has 1 amide bonds. The van der Waals surface area contributed by atoms with Gasteiger partial charge in [-0.05, 0) is 23.8 Å². The van der Waals surface area contributed by atoms with E-state index < -0.39 is 12.1 Å². The van der Waals surface area contributed by atoms with Crippen molar-refractivity contribution in [3.8, 4) is 0 Å². The van der Waals surface area contributed by atoms with Crippen LogP contribution >= 0.6 is 0 Å². The van der Waals surface area contributed by atoms with E-state index in [2.05, 4.69) is 5.32 Å². The summed E-state index contributed by atoms with van der Waals surface area (Å²) in [5, 5.41) is 11.6. The number of rotatable bonds is 6. The molecule has 1 saturated carbocycles. The van der Waals surface area contributed by atoms with Gasteiger partial charge in [0.15, 0.2) is 0 Å². The Balaban J connectivity index is 1.84. The molecule has 0 bridgehead atoms. The summed E-state index contributed by atoms with van der Waals surface area (Å²) in [6.45, 7) is 2.17. The Hall–Kier alpha value is -2.04. The van der Waals surface area contributed by atoms with Crippen LogP contribution in [0.5, 0.6) is 0 Å². The van der Waals surface area contributed by atoms with Gasteiger partial charge in [-0.2, -0.15) is 0 Å². The van der Waals surface area contributed by atoms with Crippen LogP contribution < -0.4 is 5.32 Å². The lowest BCUT2D eigenvalue weighted by Gasteiger charge is -2.22. The molecule has 1 aromatic rings. The molecule has 0 aliphatic heterocycles. The summed E-state index contributed by atoms with van der Waals surface area (Å²) >= 11 is 0. The van der Waals surface area contributed by atoms with Crippen LogP contribution in [0.2, 0.25) is 0 Å². The van der Waals surface area contributed by atoms with E-state index in [9.17, 15) is 9.59 Å². The van der Waals surface area contributed by atoms with Crippen molar-refractivity contribution in [1.82, 2.24) is 5.32 Å². The third-order valence-corrected chi connectivity index (χ3v) is 3.76. The van der Waals surface area contributed by atoms with Crippen LogP contribution in [0.25, 0.3) is 0 Å². The molecule has 5 heteroatoms. The van der Waals surface area contributed by atoms with Gasteiger partial charge in [-0.3, -0.25) is 4.79 Å². The summed E-state index contributed by atoms with van der Waals surface area (Å²) in [6, 6.07) is 8.99. The van der Waals surface area contributed by atoms with Crippen LogP contribution in [-0.2, 0) is 16.1 Å². The number of alkyl carbamates (subject to hydrolysis) is 1. The number of carboxylic acid groups (broad SMARTS) is 1. The normalized spacial score (nSPS) is 17.1. The maximum absolute atomic E-state index is 11.8. The predicted molar refractivity (Wildman–Crippen MR) is 73.1 cm³/mol. The number of hydrogen-bond donors (Lipinski definition) is 2. The monoisotopic (exact) mass is 277 g/mol. The van der Waals surface area contributed by atoms with Crippen LogP contribution in [0.3, 0.4) is 0 Å². The number of aliphatic carboxylic acids is 1. The molecule has 20 heavy (non-hydrogen) atoms. The molecule has 1 aliphatic rings. The van der Waals surface area contributed by atoms with Gasteiger partial charge in [0.2, 0.25) is 0 Å². The highest BCUT2D eigenvalue weighted by Crippen LogP contribution is 2.49. The number of carbonyl (C=O) groups excluding carboxylic acids is 1. The highest BCUT2D eigenvalue weighted by Gasteiger charge is 2.46. The zero-order chi connectivity index (χ0) is 14.6. The largest absolute Gasteiger partial charge is 0.481 e. The zero-order valence-electron chi connectivity index (χ0n) is 11.5. The molecule has 1 aliphatic carbocycles. The first-order valence-electron chi connectivity index (χ1n) is 6.69. The van der Waals surface area contributed by atoms with Crippen molar-refractivity contribution in [3.05, 3.63) is 35.9 Å². The molecule has 5 nitrogen and oxygen atoms in total. The van der Waals surface area contributed by atoms with Gasteiger partial charge in [0.25, 0.3) is 0 Å². The quantitative estimate of drug-likeness (QED) is 0.838. The lowest BCUT2D eigenvalue weighted by Crippen LogP contribution is -2.42. The van der Waals surface area contributed by atoms with Crippen molar-refractivity contribution in [3.63, 3.8) is 0 Å². The van der Waals surface area contributed by atoms with Crippen molar-refractivity contribution in [2.75, 3.05) is 0 Å². The van der Waals surface area contributed by atoms with E-state index in [-0.39, 0.29) is 24.5 Å². The molecule has 0 heterocycles. The first-order valence-corrected chi connectivity index (χ1v) is 6.69. The maximum Gasteiger partial charge on any atom is 0.407 e. The Kier molecular flexibility index (Phi) is 4.27. The van der Waals surface area contributed by atoms with Crippen molar-refractivity contribution in [2.45, 2.75) is 38.8 Å². The minimum absolute atomic E-state index is 0.0725. The lowest BCUT2D eigenvalue weighted by atomic mass is 9.96. The molecule has 1 unspecified atom stereocenters.